The van der Waals surface area contributed by atoms with Gasteiger partial charge in [0.05, 0.1) is 5.01 Å². The number of aromatic nitrogens is 1. The van der Waals surface area contributed by atoms with E-state index in [-0.39, 0.29) is 0 Å². The Kier molecular flexibility index (Phi) is 5.42. The van der Waals surface area contributed by atoms with Crippen LogP contribution in [-0.4, -0.2) is 18.1 Å². The van der Waals surface area contributed by atoms with Gasteiger partial charge in [-0.15, -0.1) is 17.8 Å². The molecule has 0 saturated carbocycles. The van der Waals surface area contributed by atoms with E-state index in [2.05, 4.69) is 16.2 Å². The molecule has 2 aromatic rings. The highest BCUT2D eigenvalue weighted by atomic mass is 32.1. The maximum Gasteiger partial charge on any atom is 0.148 e. The molecule has 3 nitrogen and oxygen atoms in total. The fraction of sp³-hybridized carbons (Fsp3) is 0.267. The van der Waals surface area contributed by atoms with E-state index in [4.69, 9.17) is 11.2 Å². The predicted octanol–water partition coefficient (Wildman–Crippen LogP) is 2.49. The summed E-state index contributed by atoms with van der Waals surface area (Å²) in [6.45, 7) is 1.97. The van der Waals surface area contributed by atoms with Crippen LogP contribution in [0.4, 0.5) is 0 Å². The number of benzene rings is 1. The number of thiazole rings is 1. The molecule has 0 unspecified atom stereocenters. The Hall–Kier alpha value is -1.83. The van der Waals surface area contributed by atoms with Crippen LogP contribution in [0, 0.1) is 12.3 Å². The van der Waals surface area contributed by atoms with Crippen molar-refractivity contribution in [1.29, 1.82) is 0 Å². The third-order valence-corrected chi connectivity index (χ3v) is 3.44. The molecule has 2 rings (SSSR count). The van der Waals surface area contributed by atoms with Gasteiger partial charge < -0.3 is 10.1 Å². The van der Waals surface area contributed by atoms with E-state index in [0.29, 0.717) is 6.61 Å². The molecule has 0 atom stereocenters. The van der Waals surface area contributed by atoms with Gasteiger partial charge in [-0.25, -0.2) is 4.98 Å². The van der Waals surface area contributed by atoms with E-state index in [0.717, 1.165) is 35.8 Å². The quantitative estimate of drug-likeness (QED) is 0.621. The Labute approximate surface area is 117 Å². The molecule has 0 amide bonds. The molecule has 1 aromatic carbocycles. The lowest BCUT2D eigenvalue weighted by atomic mass is 10.2. The van der Waals surface area contributed by atoms with Gasteiger partial charge in [-0.05, 0) is 6.07 Å². The number of nitrogens with zero attached hydrogens (tertiary/aromatic N) is 1. The molecule has 0 saturated heterocycles. The topological polar surface area (TPSA) is 34.1 Å². The molecule has 1 N–H and O–H groups in total. The summed E-state index contributed by atoms with van der Waals surface area (Å²) in [4.78, 5) is 4.25. The van der Waals surface area contributed by atoms with Crippen molar-refractivity contribution in [3.63, 3.8) is 0 Å². The van der Waals surface area contributed by atoms with Gasteiger partial charge in [0.25, 0.3) is 0 Å². The molecule has 1 aromatic heterocycles. The largest absolute Gasteiger partial charge is 0.481 e. The number of para-hydroxylation sites is 1. The third-order valence-electron chi connectivity index (χ3n) is 2.60. The Morgan fingerprint density at radius 2 is 2.26 bits per heavy atom. The van der Waals surface area contributed by atoms with Gasteiger partial charge in [-0.3, -0.25) is 0 Å². The molecule has 98 valence electrons. The van der Waals surface area contributed by atoms with Crippen molar-refractivity contribution >= 4 is 11.3 Å². The van der Waals surface area contributed by atoms with Crippen LogP contribution in [0.25, 0.3) is 0 Å². The molecule has 4 heteroatoms. The van der Waals surface area contributed by atoms with Gasteiger partial charge in [0.1, 0.15) is 12.4 Å². The van der Waals surface area contributed by atoms with Gasteiger partial charge in [0.15, 0.2) is 0 Å². The fourth-order valence-electron chi connectivity index (χ4n) is 1.70. The van der Waals surface area contributed by atoms with E-state index in [1.54, 1.807) is 11.3 Å². The van der Waals surface area contributed by atoms with Crippen molar-refractivity contribution in [2.45, 2.75) is 13.0 Å². The SMILES string of the molecule is C#CCOc1ccccc1CNCCc1nccs1. The van der Waals surface area contributed by atoms with Crippen LogP contribution >= 0.6 is 11.3 Å². The Bertz CT molecular complexity index is 531. The molecule has 0 bridgehead atoms. The van der Waals surface area contributed by atoms with Crippen molar-refractivity contribution in [1.82, 2.24) is 10.3 Å². The monoisotopic (exact) mass is 272 g/mol. The number of ether oxygens (including phenoxy) is 1. The summed E-state index contributed by atoms with van der Waals surface area (Å²) in [5.74, 6) is 3.33. The number of hydrogen-bond donors (Lipinski definition) is 1. The van der Waals surface area contributed by atoms with Crippen molar-refractivity contribution in [3.05, 3.63) is 46.4 Å². The highest BCUT2D eigenvalue weighted by molar-refractivity contribution is 7.09. The van der Waals surface area contributed by atoms with E-state index in [1.807, 2.05) is 35.8 Å². The summed E-state index contributed by atoms with van der Waals surface area (Å²) in [5.41, 5.74) is 1.12. The first kappa shape index (κ1) is 13.6. The number of terminal acetylenes is 1. The van der Waals surface area contributed by atoms with Crippen LogP contribution in [-0.2, 0) is 13.0 Å². The minimum absolute atomic E-state index is 0.302. The van der Waals surface area contributed by atoms with Gasteiger partial charge in [-0.2, -0.15) is 0 Å². The molecule has 0 aliphatic carbocycles. The van der Waals surface area contributed by atoms with Crippen LogP contribution in [0.1, 0.15) is 10.6 Å². The van der Waals surface area contributed by atoms with Gasteiger partial charge in [0.2, 0.25) is 0 Å². The normalized spacial score (nSPS) is 10.1. The Balaban J connectivity index is 1.80. The maximum atomic E-state index is 5.50. The average molecular weight is 272 g/mol. The lowest BCUT2D eigenvalue weighted by Gasteiger charge is -2.10. The van der Waals surface area contributed by atoms with Crippen LogP contribution in [0.3, 0.4) is 0 Å². The molecule has 0 spiro atoms. The Morgan fingerprint density at radius 1 is 1.37 bits per heavy atom. The molecule has 0 aliphatic heterocycles. The van der Waals surface area contributed by atoms with Crippen LogP contribution < -0.4 is 10.1 Å². The summed E-state index contributed by atoms with van der Waals surface area (Å²) in [5, 5.41) is 6.55. The van der Waals surface area contributed by atoms with Crippen molar-refractivity contribution < 1.29 is 4.74 Å². The van der Waals surface area contributed by atoms with Crippen molar-refractivity contribution in [2.75, 3.05) is 13.2 Å². The van der Waals surface area contributed by atoms with E-state index in [9.17, 15) is 0 Å². The minimum atomic E-state index is 0.302. The summed E-state index contributed by atoms with van der Waals surface area (Å²) < 4.78 is 5.50. The number of rotatable bonds is 7. The summed E-state index contributed by atoms with van der Waals surface area (Å²) in [7, 11) is 0. The maximum absolute atomic E-state index is 5.50. The molecule has 0 radical (unpaired) electrons. The van der Waals surface area contributed by atoms with E-state index >= 15 is 0 Å². The predicted molar refractivity (Wildman–Crippen MR) is 78.3 cm³/mol. The first-order valence-electron chi connectivity index (χ1n) is 6.13. The van der Waals surface area contributed by atoms with Gasteiger partial charge >= 0.3 is 0 Å². The fourth-order valence-corrected chi connectivity index (χ4v) is 2.33. The summed E-state index contributed by atoms with van der Waals surface area (Å²) in [6, 6.07) is 7.93. The first-order chi connectivity index (χ1) is 9.40. The zero-order valence-electron chi connectivity index (χ0n) is 10.6. The first-order valence-corrected chi connectivity index (χ1v) is 7.01. The third kappa shape index (κ3) is 4.40. The van der Waals surface area contributed by atoms with Crippen molar-refractivity contribution in [3.8, 4) is 18.1 Å². The lowest BCUT2D eigenvalue weighted by molar-refractivity contribution is 0.365. The second-order valence-corrected chi connectivity index (χ2v) is 4.93. The summed E-state index contributed by atoms with van der Waals surface area (Å²) >= 11 is 1.69. The number of hydrogen-bond acceptors (Lipinski definition) is 4. The average Bonchev–Trinajstić information content (AvgIpc) is 2.95. The zero-order valence-corrected chi connectivity index (χ0v) is 11.5. The lowest BCUT2D eigenvalue weighted by Crippen LogP contribution is -2.17. The molecular weight excluding hydrogens is 256 g/mol. The van der Waals surface area contributed by atoms with Crippen LogP contribution in [0.2, 0.25) is 0 Å². The second-order valence-electron chi connectivity index (χ2n) is 3.95. The highest BCUT2D eigenvalue weighted by Gasteiger charge is 2.02. The zero-order chi connectivity index (χ0) is 13.3. The van der Waals surface area contributed by atoms with E-state index in [1.165, 1.54) is 0 Å². The molecule has 0 fully saturated rings. The molecule has 1 heterocycles. The van der Waals surface area contributed by atoms with E-state index < -0.39 is 0 Å². The molecule has 0 aliphatic rings. The van der Waals surface area contributed by atoms with Gasteiger partial charge in [0, 0.05) is 36.7 Å². The minimum Gasteiger partial charge on any atom is -0.481 e. The molecular formula is C15H16N2OS. The number of nitrogens with one attached hydrogen (secondary N) is 1. The molecule has 19 heavy (non-hydrogen) atoms. The van der Waals surface area contributed by atoms with Crippen LogP contribution in [0.15, 0.2) is 35.8 Å². The van der Waals surface area contributed by atoms with Crippen LogP contribution in [0.5, 0.6) is 5.75 Å². The smallest absolute Gasteiger partial charge is 0.148 e. The van der Waals surface area contributed by atoms with Crippen molar-refractivity contribution in [2.24, 2.45) is 0 Å². The Morgan fingerprint density at radius 3 is 3.05 bits per heavy atom. The van der Waals surface area contributed by atoms with Gasteiger partial charge in [-0.1, -0.05) is 24.1 Å². The second kappa shape index (κ2) is 7.57. The standard InChI is InChI=1S/C15H16N2OS/c1-2-10-18-14-6-4-3-5-13(14)12-16-8-7-15-17-9-11-19-15/h1,3-6,9,11,16H,7-8,10,12H2. The highest BCUT2D eigenvalue weighted by Crippen LogP contribution is 2.17. The summed E-state index contributed by atoms with van der Waals surface area (Å²) in [6.07, 6.45) is 7.99.